The van der Waals surface area contributed by atoms with Crippen LogP contribution in [-0.4, -0.2) is 22.5 Å². The fraction of sp³-hybridized carbons (Fsp3) is 0.0769. The number of ether oxygens (including phenoxy) is 1. The number of carbonyl (C=O) groups excluding carboxylic acids is 1. The molecule has 0 saturated carbocycles. The maximum absolute atomic E-state index is 12.3. The minimum atomic E-state index is -3.05. The molecule has 0 bridgehead atoms. The molecule has 0 aliphatic rings. The largest absolute Gasteiger partial charge is 0.508 e. The van der Waals surface area contributed by atoms with Crippen molar-refractivity contribution in [3.63, 3.8) is 0 Å². The van der Waals surface area contributed by atoms with Crippen LogP contribution >= 0.6 is 0 Å². The molecule has 0 spiro atoms. The minimum Gasteiger partial charge on any atom is -0.508 e. The van der Waals surface area contributed by atoms with E-state index in [1.807, 2.05) is 0 Å². The Labute approximate surface area is 107 Å². The lowest BCUT2D eigenvalue weighted by Gasteiger charge is -2.10. The van der Waals surface area contributed by atoms with E-state index < -0.39 is 12.4 Å². The molecular weight excluding hydrogens is 256 g/mol. The molecule has 2 aromatic rings. The molecule has 4 nitrogen and oxygen atoms in total. The number of hydrogen-bond donors (Lipinski definition) is 1. The Balaban J connectivity index is 2.43. The van der Waals surface area contributed by atoms with Crippen molar-refractivity contribution in [3.8, 4) is 11.5 Å². The third-order valence-corrected chi connectivity index (χ3v) is 2.35. The van der Waals surface area contributed by atoms with Gasteiger partial charge in [-0.05, 0) is 30.3 Å². The number of alkyl halides is 2. The molecule has 1 aromatic heterocycles. The predicted octanol–water partition coefficient (Wildman–Crippen LogP) is 2.62. The number of hydrogen-bond acceptors (Lipinski definition) is 4. The number of phenols is 1. The van der Waals surface area contributed by atoms with Crippen LogP contribution in [0.2, 0.25) is 0 Å². The van der Waals surface area contributed by atoms with Gasteiger partial charge >= 0.3 is 6.61 Å². The molecule has 2 rings (SSSR count). The van der Waals surface area contributed by atoms with Crippen LogP contribution in [0.3, 0.4) is 0 Å². The highest BCUT2D eigenvalue weighted by atomic mass is 19.3. The first-order valence-electron chi connectivity index (χ1n) is 5.30. The second-order valence-electron chi connectivity index (χ2n) is 3.63. The van der Waals surface area contributed by atoms with Gasteiger partial charge in [0.25, 0.3) is 0 Å². The van der Waals surface area contributed by atoms with E-state index in [9.17, 15) is 18.7 Å². The van der Waals surface area contributed by atoms with Crippen LogP contribution in [0.4, 0.5) is 8.78 Å². The molecule has 0 aliphatic carbocycles. The summed E-state index contributed by atoms with van der Waals surface area (Å²) in [6.07, 6.45) is 2.79. The summed E-state index contributed by atoms with van der Waals surface area (Å²) < 4.78 is 28.8. The van der Waals surface area contributed by atoms with E-state index in [2.05, 4.69) is 9.72 Å². The number of phenolic OH excluding ortho intramolecular Hbond substituents is 1. The second-order valence-corrected chi connectivity index (χ2v) is 3.63. The SMILES string of the molecule is O=C(c1cccnc1)c1cc(O)ccc1OC(F)F. The Morgan fingerprint density at radius 3 is 2.74 bits per heavy atom. The molecule has 0 radical (unpaired) electrons. The van der Waals surface area contributed by atoms with Crippen molar-refractivity contribution in [1.29, 1.82) is 0 Å². The van der Waals surface area contributed by atoms with E-state index in [0.29, 0.717) is 0 Å². The molecule has 6 heteroatoms. The number of benzene rings is 1. The lowest BCUT2D eigenvalue weighted by atomic mass is 10.0. The van der Waals surface area contributed by atoms with E-state index in [-0.39, 0.29) is 22.6 Å². The van der Waals surface area contributed by atoms with E-state index in [1.54, 1.807) is 6.07 Å². The van der Waals surface area contributed by atoms with Gasteiger partial charge in [-0.1, -0.05) is 0 Å². The van der Waals surface area contributed by atoms with Crippen molar-refractivity contribution in [3.05, 3.63) is 53.9 Å². The second kappa shape index (κ2) is 5.43. The van der Waals surface area contributed by atoms with Crippen molar-refractivity contribution in [2.45, 2.75) is 6.61 Å². The number of nitrogens with zero attached hydrogens (tertiary/aromatic N) is 1. The lowest BCUT2D eigenvalue weighted by Crippen LogP contribution is -2.09. The summed E-state index contributed by atoms with van der Waals surface area (Å²) in [6, 6.07) is 6.39. The highest BCUT2D eigenvalue weighted by Gasteiger charge is 2.18. The molecule has 0 atom stereocenters. The zero-order valence-corrected chi connectivity index (χ0v) is 9.59. The third kappa shape index (κ3) is 3.04. The molecule has 0 saturated heterocycles. The lowest BCUT2D eigenvalue weighted by molar-refractivity contribution is -0.0501. The fourth-order valence-corrected chi connectivity index (χ4v) is 1.55. The van der Waals surface area contributed by atoms with Crippen LogP contribution in [0, 0.1) is 0 Å². The molecular formula is C13H9F2NO3. The summed E-state index contributed by atoms with van der Waals surface area (Å²) in [5.74, 6) is -1.06. The molecule has 0 fully saturated rings. The van der Waals surface area contributed by atoms with Crippen LogP contribution in [0.15, 0.2) is 42.7 Å². The summed E-state index contributed by atoms with van der Waals surface area (Å²) in [4.78, 5) is 15.9. The number of pyridine rings is 1. The first-order valence-corrected chi connectivity index (χ1v) is 5.30. The standard InChI is InChI=1S/C13H9F2NO3/c14-13(15)19-11-4-3-9(17)6-10(11)12(18)8-2-1-5-16-7-8/h1-7,13,17H. The monoisotopic (exact) mass is 265 g/mol. The Morgan fingerprint density at radius 2 is 2.11 bits per heavy atom. The van der Waals surface area contributed by atoms with Gasteiger partial charge in [0.15, 0.2) is 5.78 Å². The summed E-state index contributed by atoms with van der Waals surface area (Å²) in [5, 5.41) is 9.36. The summed E-state index contributed by atoms with van der Waals surface area (Å²) >= 11 is 0. The van der Waals surface area contributed by atoms with E-state index in [0.717, 1.165) is 18.2 Å². The minimum absolute atomic E-state index is 0.145. The van der Waals surface area contributed by atoms with Gasteiger partial charge in [0, 0.05) is 18.0 Å². The quantitative estimate of drug-likeness (QED) is 0.863. The topological polar surface area (TPSA) is 59.4 Å². The van der Waals surface area contributed by atoms with Crippen LogP contribution in [0.1, 0.15) is 15.9 Å². The zero-order chi connectivity index (χ0) is 13.8. The van der Waals surface area contributed by atoms with Gasteiger partial charge in [-0.2, -0.15) is 8.78 Å². The van der Waals surface area contributed by atoms with Crippen molar-refractivity contribution >= 4 is 5.78 Å². The van der Waals surface area contributed by atoms with Crippen molar-refractivity contribution in [2.75, 3.05) is 0 Å². The van der Waals surface area contributed by atoms with Crippen LogP contribution in [0.25, 0.3) is 0 Å². The Morgan fingerprint density at radius 1 is 1.32 bits per heavy atom. The first kappa shape index (κ1) is 12.9. The highest BCUT2D eigenvalue weighted by molar-refractivity contribution is 6.10. The zero-order valence-electron chi connectivity index (χ0n) is 9.59. The number of aromatic hydroxyl groups is 1. The van der Waals surface area contributed by atoms with E-state index >= 15 is 0 Å². The summed E-state index contributed by atoms with van der Waals surface area (Å²) in [5.41, 5.74) is 0.0699. The van der Waals surface area contributed by atoms with Gasteiger partial charge in [-0.3, -0.25) is 9.78 Å². The predicted molar refractivity (Wildman–Crippen MR) is 62.4 cm³/mol. The highest BCUT2D eigenvalue weighted by Crippen LogP contribution is 2.27. The van der Waals surface area contributed by atoms with Crippen molar-refractivity contribution in [2.24, 2.45) is 0 Å². The van der Waals surface area contributed by atoms with Gasteiger partial charge in [-0.15, -0.1) is 0 Å². The molecule has 19 heavy (non-hydrogen) atoms. The van der Waals surface area contributed by atoms with Gasteiger partial charge in [0.2, 0.25) is 0 Å². The average Bonchev–Trinajstić information content (AvgIpc) is 2.40. The van der Waals surface area contributed by atoms with Crippen LogP contribution in [0.5, 0.6) is 11.5 Å². The Bertz CT molecular complexity index is 588. The molecule has 0 amide bonds. The van der Waals surface area contributed by atoms with Gasteiger partial charge < -0.3 is 9.84 Å². The maximum Gasteiger partial charge on any atom is 0.387 e. The summed E-state index contributed by atoms with van der Waals surface area (Å²) in [7, 11) is 0. The molecule has 0 aliphatic heterocycles. The normalized spacial score (nSPS) is 10.5. The van der Waals surface area contributed by atoms with Gasteiger partial charge in [0.05, 0.1) is 5.56 Å². The first-order chi connectivity index (χ1) is 9.08. The number of aromatic nitrogens is 1. The molecule has 1 N–H and O–H groups in total. The average molecular weight is 265 g/mol. The molecule has 1 aromatic carbocycles. The van der Waals surface area contributed by atoms with Crippen molar-refractivity contribution < 1.29 is 23.4 Å². The smallest absolute Gasteiger partial charge is 0.387 e. The van der Waals surface area contributed by atoms with Gasteiger partial charge in [-0.25, -0.2) is 0 Å². The van der Waals surface area contributed by atoms with E-state index in [1.165, 1.54) is 18.5 Å². The maximum atomic E-state index is 12.3. The number of halogens is 2. The number of rotatable bonds is 4. The van der Waals surface area contributed by atoms with Crippen molar-refractivity contribution in [1.82, 2.24) is 4.98 Å². The van der Waals surface area contributed by atoms with Gasteiger partial charge in [0.1, 0.15) is 11.5 Å². The third-order valence-electron chi connectivity index (χ3n) is 2.35. The van der Waals surface area contributed by atoms with Crippen LogP contribution < -0.4 is 4.74 Å². The Kier molecular flexibility index (Phi) is 3.70. The molecule has 1 heterocycles. The fourth-order valence-electron chi connectivity index (χ4n) is 1.55. The van der Waals surface area contributed by atoms with E-state index in [4.69, 9.17) is 0 Å². The molecule has 0 unspecified atom stereocenters. The Hall–Kier alpha value is -2.50. The summed E-state index contributed by atoms with van der Waals surface area (Å²) in [6.45, 7) is -3.05. The van der Waals surface area contributed by atoms with Crippen LogP contribution in [-0.2, 0) is 0 Å². The number of carbonyl (C=O) groups is 1. The molecule has 98 valence electrons. The number of ketones is 1.